The monoisotopic (exact) mass is 308 g/mol. The number of benzene rings is 1. The molecule has 0 aliphatic rings. The van der Waals surface area contributed by atoms with Crippen molar-refractivity contribution in [2.45, 2.75) is 13.2 Å². The highest BCUT2D eigenvalue weighted by molar-refractivity contribution is 9.10. The van der Waals surface area contributed by atoms with Crippen molar-refractivity contribution in [1.82, 2.24) is 4.57 Å². The van der Waals surface area contributed by atoms with Gasteiger partial charge in [-0.3, -0.25) is 4.79 Å². The maximum absolute atomic E-state index is 11.4. The summed E-state index contributed by atoms with van der Waals surface area (Å²) in [5, 5.41) is 8.96. The van der Waals surface area contributed by atoms with Gasteiger partial charge in [-0.05, 0) is 27.1 Å². The van der Waals surface area contributed by atoms with Crippen molar-refractivity contribution in [3.63, 3.8) is 0 Å². The molecule has 3 N–H and O–H groups in total. The van der Waals surface area contributed by atoms with Gasteiger partial charge in [-0.1, -0.05) is 24.3 Å². The summed E-state index contributed by atoms with van der Waals surface area (Å²) < 4.78 is 2.30. The van der Waals surface area contributed by atoms with E-state index in [4.69, 9.17) is 10.8 Å². The molecule has 0 bridgehead atoms. The first-order valence-electron chi connectivity index (χ1n) is 5.44. The number of hydrogen-bond acceptors (Lipinski definition) is 3. The summed E-state index contributed by atoms with van der Waals surface area (Å²) in [6, 6.07) is 7.62. The highest BCUT2D eigenvalue weighted by Crippen LogP contribution is 2.10. The van der Waals surface area contributed by atoms with Gasteiger partial charge in [0.1, 0.15) is 0 Å². The SMILES string of the molecule is Nc1cn(Cc2ccc(CO)cc2)cc(Br)c1=O. The Balaban J connectivity index is 2.25. The Hall–Kier alpha value is -1.59. The van der Waals surface area contributed by atoms with Gasteiger partial charge < -0.3 is 15.4 Å². The lowest BCUT2D eigenvalue weighted by Gasteiger charge is -2.08. The maximum atomic E-state index is 11.4. The van der Waals surface area contributed by atoms with Crippen LogP contribution in [0.25, 0.3) is 0 Å². The molecule has 0 spiro atoms. The van der Waals surface area contributed by atoms with Gasteiger partial charge in [0.2, 0.25) is 5.43 Å². The molecule has 2 rings (SSSR count). The lowest BCUT2D eigenvalue weighted by Crippen LogP contribution is -2.13. The van der Waals surface area contributed by atoms with Crippen molar-refractivity contribution in [2.75, 3.05) is 5.73 Å². The predicted molar refractivity (Wildman–Crippen MR) is 74.3 cm³/mol. The summed E-state index contributed by atoms with van der Waals surface area (Å²) in [4.78, 5) is 11.4. The number of rotatable bonds is 3. The molecule has 4 nitrogen and oxygen atoms in total. The molecule has 0 unspecified atom stereocenters. The van der Waals surface area contributed by atoms with Gasteiger partial charge in [-0.15, -0.1) is 0 Å². The second-order valence-corrected chi connectivity index (χ2v) is 4.89. The van der Waals surface area contributed by atoms with E-state index in [9.17, 15) is 4.79 Å². The molecule has 5 heteroatoms. The van der Waals surface area contributed by atoms with Crippen LogP contribution in [0.2, 0.25) is 0 Å². The Morgan fingerprint density at radius 2 is 1.78 bits per heavy atom. The average Bonchev–Trinajstić information content (AvgIpc) is 2.37. The minimum Gasteiger partial charge on any atom is -0.394 e. The number of nitrogens with two attached hydrogens (primary N) is 1. The molecule has 0 amide bonds. The Morgan fingerprint density at radius 3 is 2.33 bits per heavy atom. The number of anilines is 1. The molecule has 1 aromatic carbocycles. The van der Waals surface area contributed by atoms with Crippen molar-refractivity contribution >= 4 is 21.6 Å². The van der Waals surface area contributed by atoms with E-state index in [2.05, 4.69) is 15.9 Å². The maximum Gasteiger partial charge on any atom is 0.218 e. The third-order valence-electron chi connectivity index (χ3n) is 2.63. The van der Waals surface area contributed by atoms with E-state index < -0.39 is 0 Å². The van der Waals surface area contributed by atoms with Crippen molar-refractivity contribution in [3.8, 4) is 0 Å². The molecular formula is C13H13BrN2O2. The second-order valence-electron chi connectivity index (χ2n) is 4.04. The molecule has 0 saturated carbocycles. The summed E-state index contributed by atoms with van der Waals surface area (Å²) in [5.74, 6) is 0. The number of aliphatic hydroxyl groups is 1. The first-order chi connectivity index (χ1) is 8.60. The van der Waals surface area contributed by atoms with E-state index in [0.29, 0.717) is 11.0 Å². The molecular weight excluding hydrogens is 296 g/mol. The molecule has 1 heterocycles. The summed E-state index contributed by atoms with van der Waals surface area (Å²) >= 11 is 3.19. The third-order valence-corrected chi connectivity index (χ3v) is 3.20. The van der Waals surface area contributed by atoms with Crippen LogP contribution < -0.4 is 11.2 Å². The van der Waals surface area contributed by atoms with Gasteiger partial charge in [0.05, 0.1) is 16.8 Å². The van der Waals surface area contributed by atoms with E-state index in [1.54, 1.807) is 12.4 Å². The summed E-state index contributed by atoms with van der Waals surface area (Å²) in [7, 11) is 0. The van der Waals surface area contributed by atoms with E-state index in [1.807, 2.05) is 28.8 Å². The lowest BCUT2D eigenvalue weighted by atomic mass is 10.1. The number of pyridine rings is 1. The van der Waals surface area contributed by atoms with Crippen molar-refractivity contribution in [3.05, 3.63) is 62.5 Å². The Morgan fingerprint density at radius 1 is 1.17 bits per heavy atom. The predicted octanol–water partition coefficient (Wildman–Crippen LogP) is 1.73. The van der Waals surface area contributed by atoms with Gasteiger partial charge in [-0.25, -0.2) is 0 Å². The van der Waals surface area contributed by atoms with Crippen molar-refractivity contribution in [1.29, 1.82) is 0 Å². The largest absolute Gasteiger partial charge is 0.394 e. The smallest absolute Gasteiger partial charge is 0.218 e. The van der Waals surface area contributed by atoms with Gasteiger partial charge in [-0.2, -0.15) is 0 Å². The van der Waals surface area contributed by atoms with Crippen LogP contribution in [-0.2, 0) is 13.2 Å². The highest BCUT2D eigenvalue weighted by Gasteiger charge is 2.03. The van der Waals surface area contributed by atoms with Crippen LogP contribution in [0.4, 0.5) is 5.69 Å². The molecule has 2 aromatic rings. The van der Waals surface area contributed by atoms with Crippen LogP contribution in [0.1, 0.15) is 11.1 Å². The first-order valence-corrected chi connectivity index (χ1v) is 6.23. The fraction of sp³-hybridized carbons (Fsp3) is 0.154. The van der Waals surface area contributed by atoms with E-state index in [1.165, 1.54) is 0 Å². The topological polar surface area (TPSA) is 68.2 Å². The van der Waals surface area contributed by atoms with Gasteiger partial charge in [0.15, 0.2) is 0 Å². The fourth-order valence-electron chi connectivity index (χ4n) is 1.67. The average molecular weight is 309 g/mol. The molecule has 0 aliphatic carbocycles. The summed E-state index contributed by atoms with van der Waals surface area (Å²) in [6.45, 7) is 0.658. The van der Waals surface area contributed by atoms with Crippen molar-refractivity contribution in [2.24, 2.45) is 0 Å². The summed E-state index contributed by atoms with van der Waals surface area (Å²) in [6.07, 6.45) is 3.33. The molecule has 0 saturated heterocycles. The van der Waals surface area contributed by atoms with E-state index in [-0.39, 0.29) is 17.7 Å². The first kappa shape index (κ1) is 12.9. The quantitative estimate of drug-likeness (QED) is 0.907. The van der Waals surface area contributed by atoms with Crippen LogP contribution in [0.5, 0.6) is 0 Å². The minimum absolute atomic E-state index is 0.0385. The molecule has 1 aromatic heterocycles. The number of nitrogens with zero attached hydrogens (tertiary/aromatic N) is 1. The number of aromatic nitrogens is 1. The van der Waals surface area contributed by atoms with Crippen LogP contribution in [-0.4, -0.2) is 9.67 Å². The van der Waals surface area contributed by atoms with Gasteiger partial charge in [0.25, 0.3) is 0 Å². The van der Waals surface area contributed by atoms with Crippen LogP contribution >= 0.6 is 15.9 Å². The Kier molecular flexibility index (Phi) is 3.84. The molecule has 0 aliphatic heterocycles. The van der Waals surface area contributed by atoms with Crippen LogP contribution in [0, 0.1) is 0 Å². The zero-order valence-corrected chi connectivity index (χ0v) is 11.2. The van der Waals surface area contributed by atoms with E-state index in [0.717, 1.165) is 11.1 Å². The molecule has 18 heavy (non-hydrogen) atoms. The highest BCUT2D eigenvalue weighted by atomic mass is 79.9. The number of aliphatic hydroxyl groups excluding tert-OH is 1. The lowest BCUT2D eigenvalue weighted by molar-refractivity contribution is 0.282. The number of hydrogen-bond donors (Lipinski definition) is 2. The number of halogens is 1. The van der Waals surface area contributed by atoms with Crippen molar-refractivity contribution < 1.29 is 5.11 Å². The van der Waals surface area contributed by atoms with Gasteiger partial charge >= 0.3 is 0 Å². The molecule has 94 valence electrons. The Labute approximate surface area is 113 Å². The molecule has 0 atom stereocenters. The molecule has 0 fully saturated rings. The molecule has 0 radical (unpaired) electrons. The standard InChI is InChI=1S/C13H13BrN2O2/c14-11-6-16(7-12(15)13(11)18)5-9-1-3-10(8-17)4-2-9/h1-4,6-7,17H,5,8,15H2. The zero-order valence-electron chi connectivity index (χ0n) is 9.64. The van der Waals surface area contributed by atoms with Gasteiger partial charge in [0, 0.05) is 18.9 Å². The fourth-order valence-corrected chi connectivity index (χ4v) is 2.16. The Bertz CT molecular complexity index is 579. The van der Waals surface area contributed by atoms with Crippen LogP contribution in [0.3, 0.4) is 0 Å². The zero-order chi connectivity index (χ0) is 13.1. The summed E-state index contributed by atoms with van der Waals surface area (Å²) in [5.41, 5.74) is 7.60. The third kappa shape index (κ3) is 2.80. The van der Waals surface area contributed by atoms with E-state index >= 15 is 0 Å². The normalized spacial score (nSPS) is 10.6. The second kappa shape index (κ2) is 5.37. The minimum atomic E-state index is -0.193. The van der Waals surface area contributed by atoms with Crippen LogP contribution in [0.15, 0.2) is 45.9 Å². The number of nitrogen functional groups attached to an aromatic ring is 1.